The van der Waals surface area contributed by atoms with Gasteiger partial charge in [0.25, 0.3) is 11.8 Å². The molecule has 2 rings (SSSR count). The quantitative estimate of drug-likeness (QED) is 0.863. The third-order valence-electron chi connectivity index (χ3n) is 3.33. The fourth-order valence-electron chi connectivity index (χ4n) is 2.19. The van der Waals surface area contributed by atoms with Crippen LogP contribution in [-0.4, -0.2) is 37.9 Å². The van der Waals surface area contributed by atoms with Crippen LogP contribution in [0.3, 0.4) is 0 Å². The number of nitrogens with zero attached hydrogens (tertiary/aromatic N) is 4. The minimum absolute atomic E-state index is 0.267. The molecule has 2 N–H and O–H groups in total. The molecular formula is C15H22N6O2. The van der Waals surface area contributed by atoms with E-state index < -0.39 is 0 Å². The maximum absolute atomic E-state index is 12.4. The van der Waals surface area contributed by atoms with E-state index in [9.17, 15) is 9.59 Å². The third kappa shape index (κ3) is 3.77. The first-order valence-electron chi connectivity index (χ1n) is 7.41. The smallest absolute Gasteiger partial charge is 0.271 e. The number of carbonyl (C=O) groups is 2. The molecule has 2 aromatic rings. The second-order valence-electron chi connectivity index (χ2n) is 5.89. The highest BCUT2D eigenvalue weighted by molar-refractivity contribution is 6.08. The molecule has 0 saturated heterocycles. The van der Waals surface area contributed by atoms with Crippen LogP contribution in [0.1, 0.15) is 40.4 Å². The molecule has 0 aliphatic rings. The van der Waals surface area contributed by atoms with Crippen LogP contribution in [0.25, 0.3) is 0 Å². The summed E-state index contributed by atoms with van der Waals surface area (Å²) in [6.07, 6.45) is 3.10. The summed E-state index contributed by atoms with van der Waals surface area (Å²) in [7, 11) is 3.41. The van der Waals surface area contributed by atoms with Crippen molar-refractivity contribution in [3.8, 4) is 0 Å². The van der Waals surface area contributed by atoms with Gasteiger partial charge in [-0.05, 0) is 12.8 Å². The van der Waals surface area contributed by atoms with Crippen LogP contribution < -0.4 is 10.6 Å². The van der Waals surface area contributed by atoms with Gasteiger partial charge in [0.15, 0.2) is 0 Å². The molecule has 0 saturated carbocycles. The van der Waals surface area contributed by atoms with E-state index in [1.54, 1.807) is 31.9 Å². The number of hydrogen-bond donors (Lipinski definition) is 2. The molecule has 0 fully saturated rings. The van der Waals surface area contributed by atoms with Crippen LogP contribution >= 0.6 is 0 Å². The van der Waals surface area contributed by atoms with Crippen molar-refractivity contribution in [2.24, 2.45) is 20.0 Å². The Kier molecular flexibility index (Phi) is 4.83. The fraction of sp³-hybridized carbons (Fsp3) is 0.467. The molecule has 0 aliphatic heterocycles. The Morgan fingerprint density at radius 2 is 1.96 bits per heavy atom. The maximum atomic E-state index is 12.4. The van der Waals surface area contributed by atoms with Gasteiger partial charge in [-0.1, -0.05) is 13.8 Å². The zero-order valence-electron chi connectivity index (χ0n) is 14.0. The molecule has 0 aromatic carbocycles. The number of carbonyl (C=O) groups excluding carboxylic acids is 2. The van der Waals surface area contributed by atoms with Crippen LogP contribution in [0.2, 0.25) is 0 Å². The van der Waals surface area contributed by atoms with Crippen molar-refractivity contribution >= 4 is 17.5 Å². The molecule has 0 spiro atoms. The van der Waals surface area contributed by atoms with Crippen LogP contribution in [0, 0.1) is 12.8 Å². The predicted octanol–water partition coefficient (Wildman–Crippen LogP) is 1.10. The molecule has 2 amide bonds. The molecule has 23 heavy (non-hydrogen) atoms. The molecule has 2 aromatic heterocycles. The second-order valence-corrected chi connectivity index (χ2v) is 5.89. The van der Waals surface area contributed by atoms with E-state index >= 15 is 0 Å². The topological polar surface area (TPSA) is 93.8 Å². The summed E-state index contributed by atoms with van der Waals surface area (Å²) in [6, 6.07) is 0. The lowest BCUT2D eigenvalue weighted by atomic mass is 10.2. The van der Waals surface area contributed by atoms with Gasteiger partial charge < -0.3 is 10.6 Å². The Morgan fingerprint density at radius 1 is 1.26 bits per heavy atom. The summed E-state index contributed by atoms with van der Waals surface area (Å²) < 4.78 is 3.02. The van der Waals surface area contributed by atoms with Gasteiger partial charge in [0, 0.05) is 26.8 Å². The monoisotopic (exact) mass is 318 g/mol. The van der Waals surface area contributed by atoms with Crippen molar-refractivity contribution in [1.29, 1.82) is 0 Å². The highest BCUT2D eigenvalue weighted by Crippen LogP contribution is 2.16. The average Bonchev–Trinajstić information content (AvgIpc) is 2.99. The van der Waals surface area contributed by atoms with Crippen LogP contribution in [0.5, 0.6) is 0 Å². The van der Waals surface area contributed by atoms with Gasteiger partial charge in [0.05, 0.1) is 23.1 Å². The summed E-state index contributed by atoms with van der Waals surface area (Å²) in [5, 5.41) is 13.8. The number of aryl methyl sites for hydroxylation is 3. The van der Waals surface area contributed by atoms with Gasteiger partial charge in [-0.3, -0.25) is 19.0 Å². The van der Waals surface area contributed by atoms with E-state index in [1.807, 2.05) is 13.8 Å². The van der Waals surface area contributed by atoms with Crippen molar-refractivity contribution in [1.82, 2.24) is 24.9 Å². The van der Waals surface area contributed by atoms with Crippen LogP contribution in [-0.2, 0) is 14.1 Å². The Hall–Kier alpha value is -2.64. The molecule has 2 heterocycles. The van der Waals surface area contributed by atoms with E-state index in [0.29, 0.717) is 35.1 Å². The van der Waals surface area contributed by atoms with E-state index in [4.69, 9.17) is 0 Å². The first-order valence-corrected chi connectivity index (χ1v) is 7.41. The summed E-state index contributed by atoms with van der Waals surface area (Å²) in [4.78, 5) is 24.7. The Labute approximate surface area is 134 Å². The molecule has 0 atom stereocenters. The maximum Gasteiger partial charge on any atom is 0.271 e. The molecule has 8 heteroatoms. The Balaban J connectivity index is 2.19. The zero-order chi connectivity index (χ0) is 17.1. The minimum Gasteiger partial charge on any atom is -0.350 e. The van der Waals surface area contributed by atoms with Gasteiger partial charge in [0.2, 0.25) is 0 Å². The number of nitrogens with one attached hydrogen (secondary N) is 2. The minimum atomic E-state index is -0.318. The Bertz CT molecular complexity index is 728. The number of amides is 2. The first-order chi connectivity index (χ1) is 10.8. The van der Waals surface area contributed by atoms with Crippen molar-refractivity contribution in [2.75, 3.05) is 11.9 Å². The van der Waals surface area contributed by atoms with Crippen LogP contribution in [0.4, 0.5) is 5.69 Å². The van der Waals surface area contributed by atoms with Crippen molar-refractivity contribution in [3.63, 3.8) is 0 Å². The highest BCUT2D eigenvalue weighted by Gasteiger charge is 2.20. The SMILES string of the molecule is Cc1nn(C)cc1C(=O)Nc1cnn(C)c1C(=O)NCC(C)C. The summed E-state index contributed by atoms with van der Waals surface area (Å²) in [5.41, 5.74) is 1.78. The highest BCUT2D eigenvalue weighted by atomic mass is 16.2. The van der Waals surface area contributed by atoms with E-state index in [-0.39, 0.29) is 11.8 Å². The third-order valence-corrected chi connectivity index (χ3v) is 3.33. The number of aromatic nitrogens is 4. The van der Waals surface area contributed by atoms with Gasteiger partial charge in [0.1, 0.15) is 5.69 Å². The number of anilines is 1. The van der Waals surface area contributed by atoms with Gasteiger partial charge in [-0.25, -0.2) is 0 Å². The lowest BCUT2D eigenvalue weighted by Crippen LogP contribution is -2.30. The molecule has 0 radical (unpaired) electrons. The average molecular weight is 318 g/mol. The standard InChI is InChI=1S/C15H22N6O2/c1-9(2)6-16-15(23)13-12(7-17-21(13)5)18-14(22)11-8-20(4)19-10(11)3/h7-9H,6H2,1-5H3,(H,16,23)(H,18,22). The Morgan fingerprint density at radius 3 is 2.52 bits per heavy atom. The van der Waals surface area contributed by atoms with E-state index in [1.165, 1.54) is 10.9 Å². The largest absolute Gasteiger partial charge is 0.350 e. The molecule has 0 bridgehead atoms. The fourth-order valence-corrected chi connectivity index (χ4v) is 2.19. The van der Waals surface area contributed by atoms with E-state index in [0.717, 1.165) is 0 Å². The second kappa shape index (κ2) is 6.64. The summed E-state index contributed by atoms with van der Waals surface area (Å²) in [5.74, 6) is -0.248. The molecular weight excluding hydrogens is 296 g/mol. The lowest BCUT2D eigenvalue weighted by Gasteiger charge is -2.10. The zero-order valence-corrected chi connectivity index (χ0v) is 14.0. The predicted molar refractivity (Wildman–Crippen MR) is 86.3 cm³/mol. The van der Waals surface area contributed by atoms with E-state index in [2.05, 4.69) is 20.8 Å². The van der Waals surface area contributed by atoms with Gasteiger partial charge in [-0.15, -0.1) is 0 Å². The molecule has 124 valence electrons. The molecule has 8 nitrogen and oxygen atoms in total. The lowest BCUT2D eigenvalue weighted by molar-refractivity contribution is 0.0940. The number of rotatable bonds is 5. The van der Waals surface area contributed by atoms with Crippen molar-refractivity contribution in [2.45, 2.75) is 20.8 Å². The van der Waals surface area contributed by atoms with Crippen molar-refractivity contribution in [3.05, 3.63) is 29.3 Å². The first kappa shape index (κ1) is 16.7. The van der Waals surface area contributed by atoms with Crippen molar-refractivity contribution < 1.29 is 9.59 Å². The van der Waals surface area contributed by atoms with Crippen LogP contribution in [0.15, 0.2) is 12.4 Å². The normalized spacial score (nSPS) is 10.9. The number of hydrogen-bond acceptors (Lipinski definition) is 4. The van der Waals surface area contributed by atoms with Gasteiger partial charge in [-0.2, -0.15) is 10.2 Å². The molecule has 0 aliphatic carbocycles. The summed E-state index contributed by atoms with van der Waals surface area (Å²) in [6.45, 7) is 6.34. The van der Waals surface area contributed by atoms with Gasteiger partial charge >= 0.3 is 0 Å². The molecule has 0 unspecified atom stereocenters. The summed E-state index contributed by atoms with van der Waals surface area (Å²) >= 11 is 0.